The second kappa shape index (κ2) is 3.76. The van der Waals surface area contributed by atoms with Crippen LogP contribution in [0.3, 0.4) is 0 Å². The highest BCUT2D eigenvalue weighted by atomic mass is 14.4. The molecule has 0 bridgehead atoms. The van der Waals surface area contributed by atoms with E-state index in [1.165, 1.54) is 12.0 Å². The van der Waals surface area contributed by atoms with E-state index < -0.39 is 0 Å². The molecule has 1 aliphatic carbocycles. The summed E-state index contributed by atoms with van der Waals surface area (Å²) in [6.45, 7) is 6.79. The van der Waals surface area contributed by atoms with Crippen molar-refractivity contribution in [1.82, 2.24) is 0 Å². The summed E-state index contributed by atoms with van der Waals surface area (Å²) in [5, 5.41) is 8.59. The summed E-state index contributed by atoms with van der Waals surface area (Å²) in [5.41, 5.74) is 1.38. The molecule has 0 aromatic heterocycles. The van der Waals surface area contributed by atoms with Crippen LogP contribution in [0.2, 0.25) is 0 Å². The first-order valence-electron chi connectivity index (χ1n) is 4.75. The van der Waals surface area contributed by atoms with Gasteiger partial charge in [0.05, 0.1) is 6.07 Å². The summed E-state index contributed by atoms with van der Waals surface area (Å²) in [5.74, 6) is 2.11. The Morgan fingerprint density at radius 1 is 1.58 bits per heavy atom. The van der Waals surface area contributed by atoms with Gasteiger partial charge < -0.3 is 0 Å². The minimum atomic E-state index is 0.657. The van der Waals surface area contributed by atoms with Gasteiger partial charge in [-0.2, -0.15) is 5.26 Å². The lowest BCUT2D eigenvalue weighted by atomic mass is 9.84. The van der Waals surface area contributed by atoms with Crippen LogP contribution in [0.1, 0.15) is 33.6 Å². The molecule has 1 saturated carbocycles. The molecule has 0 aromatic carbocycles. The summed E-state index contributed by atoms with van der Waals surface area (Å²) in [6, 6.07) is 2.15. The average molecular weight is 163 g/mol. The Balaban J connectivity index is 2.79. The first kappa shape index (κ1) is 9.32. The molecule has 1 rings (SSSR count). The van der Waals surface area contributed by atoms with Crippen LogP contribution < -0.4 is 0 Å². The molecule has 0 radical (unpaired) electrons. The van der Waals surface area contributed by atoms with Gasteiger partial charge in [0, 0.05) is 6.08 Å². The van der Waals surface area contributed by atoms with Crippen LogP contribution in [0.25, 0.3) is 0 Å². The van der Waals surface area contributed by atoms with Gasteiger partial charge in [0.2, 0.25) is 0 Å². The third kappa shape index (κ3) is 1.69. The van der Waals surface area contributed by atoms with Gasteiger partial charge in [-0.15, -0.1) is 0 Å². The summed E-state index contributed by atoms with van der Waals surface area (Å²) >= 11 is 0. The second-order valence-electron chi connectivity index (χ2n) is 4.13. The van der Waals surface area contributed by atoms with Crippen LogP contribution >= 0.6 is 0 Å². The van der Waals surface area contributed by atoms with Crippen molar-refractivity contribution < 1.29 is 0 Å². The maximum absolute atomic E-state index is 8.59. The van der Waals surface area contributed by atoms with Gasteiger partial charge in [-0.25, -0.2) is 0 Å². The van der Waals surface area contributed by atoms with Crippen LogP contribution in [-0.2, 0) is 0 Å². The molecule has 1 aliphatic rings. The van der Waals surface area contributed by atoms with Crippen molar-refractivity contribution in [2.45, 2.75) is 33.6 Å². The van der Waals surface area contributed by atoms with Crippen LogP contribution in [0.15, 0.2) is 11.6 Å². The van der Waals surface area contributed by atoms with E-state index in [0.717, 1.165) is 12.3 Å². The molecular formula is C11H17N. The second-order valence-corrected chi connectivity index (χ2v) is 4.13. The average Bonchev–Trinajstić information content (AvgIpc) is 2.32. The van der Waals surface area contributed by atoms with E-state index in [1.807, 2.05) is 0 Å². The minimum absolute atomic E-state index is 0.657. The molecule has 66 valence electrons. The van der Waals surface area contributed by atoms with Gasteiger partial charge in [0.15, 0.2) is 0 Å². The molecule has 1 fully saturated rings. The van der Waals surface area contributed by atoms with Crippen molar-refractivity contribution in [3.63, 3.8) is 0 Å². The normalized spacial score (nSPS) is 32.8. The smallest absolute Gasteiger partial charge is 0.0911 e. The van der Waals surface area contributed by atoms with Gasteiger partial charge in [-0.1, -0.05) is 26.3 Å². The predicted molar refractivity (Wildman–Crippen MR) is 50.4 cm³/mol. The van der Waals surface area contributed by atoms with Crippen LogP contribution in [0.4, 0.5) is 0 Å². The van der Waals surface area contributed by atoms with E-state index in [1.54, 1.807) is 6.08 Å². The topological polar surface area (TPSA) is 23.8 Å². The van der Waals surface area contributed by atoms with E-state index in [4.69, 9.17) is 5.26 Å². The molecule has 12 heavy (non-hydrogen) atoms. The van der Waals surface area contributed by atoms with Crippen LogP contribution in [0.5, 0.6) is 0 Å². The van der Waals surface area contributed by atoms with Gasteiger partial charge in [-0.05, 0) is 30.6 Å². The fourth-order valence-electron chi connectivity index (χ4n) is 2.44. The summed E-state index contributed by atoms with van der Waals surface area (Å²) in [6.07, 6.45) is 4.15. The Hall–Kier alpha value is -0.770. The largest absolute Gasteiger partial charge is 0.193 e. The van der Waals surface area contributed by atoms with Crippen molar-refractivity contribution >= 4 is 0 Å². The maximum atomic E-state index is 8.59. The van der Waals surface area contributed by atoms with Gasteiger partial charge >= 0.3 is 0 Å². The fraction of sp³-hybridized carbons (Fsp3) is 0.727. The van der Waals surface area contributed by atoms with E-state index >= 15 is 0 Å². The molecular weight excluding hydrogens is 146 g/mol. The molecule has 0 aliphatic heterocycles. The summed E-state index contributed by atoms with van der Waals surface area (Å²) in [7, 11) is 0. The highest BCUT2D eigenvalue weighted by Gasteiger charge is 2.30. The zero-order valence-corrected chi connectivity index (χ0v) is 8.17. The minimum Gasteiger partial charge on any atom is -0.193 e. The molecule has 0 aromatic rings. The number of allylic oxidation sites excluding steroid dienone is 2. The Morgan fingerprint density at radius 2 is 2.25 bits per heavy atom. The molecule has 2 atom stereocenters. The first-order valence-corrected chi connectivity index (χ1v) is 4.75. The highest BCUT2D eigenvalue weighted by molar-refractivity contribution is 5.20. The Morgan fingerprint density at radius 3 is 2.75 bits per heavy atom. The van der Waals surface area contributed by atoms with Crippen molar-refractivity contribution in [1.29, 1.82) is 5.26 Å². The Kier molecular flexibility index (Phi) is 2.92. The molecule has 0 N–H and O–H groups in total. The van der Waals surface area contributed by atoms with E-state index in [9.17, 15) is 0 Å². The van der Waals surface area contributed by atoms with E-state index in [2.05, 4.69) is 26.8 Å². The molecule has 1 nitrogen and oxygen atoms in total. The highest BCUT2D eigenvalue weighted by Crippen LogP contribution is 2.40. The number of nitriles is 1. The van der Waals surface area contributed by atoms with Crippen molar-refractivity contribution in [3.05, 3.63) is 11.6 Å². The molecule has 0 amide bonds. The van der Waals surface area contributed by atoms with Gasteiger partial charge in [0.1, 0.15) is 0 Å². The summed E-state index contributed by atoms with van der Waals surface area (Å²) < 4.78 is 0. The Bertz CT molecular complexity index is 220. The van der Waals surface area contributed by atoms with Gasteiger partial charge in [-0.3, -0.25) is 0 Å². The van der Waals surface area contributed by atoms with Crippen molar-refractivity contribution in [2.24, 2.45) is 17.8 Å². The quantitative estimate of drug-likeness (QED) is 0.545. The molecule has 0 spiro atoms. The van der Waals surface area contributed by atoms with Crippen LogP contribution in [0, 0.1) is 29.1 Å². The summed E-state index contributed by atoms with van der Waals surface area (Å²) in [4.78, 5) is 0. The lowest BCUT2D eigenvalue weighted by Gasteiger charge is -2.20. The SMILES string of the molecule is CC(C)C1/C(=C/C#N)CCC1C. The lowest BCUT2D eigenvalue weighted by molar-refractivity contribution is 0.355. The van der Waals surface area contributed by atoms with Crippen molar-refractivity contribution in [2.75, 3.05) is 0 Å². The number of hydrogen-bond acceptors (Lipinski definition) is 1. The number of rotatable bonds is 1. The number of nitrogens with zero attached hydrogens (tertiary/aromatic N) is 1. The molecule has 2 unspecified atom stereocenters. The maximum Gasteiger partial charge on any atom is 0.0911 e. The van der Waals surface area contributed by atoms with Crippen molar-refractivity contribution in [3.8, 4) is 6.07 Å². The Labute approximate surface area is 75.1 Å². The van der Waals surface area contributed by atoms with E-state index in [-0.39, 0.29) is 0 Å². The van der Waals surface area contributed by atoms with Gasteiger partial charge in [0.25, 0.3) is 0 Å². The standard InChI is InChI=1S/C11H17N/c1-8(2)11-9(3)4-5-10(11)6-7-12/h6,8-9,11H,4-5H2,1-3H3/b10-6+. The molecule has 0 heterocycles. The fourth-order valence-corrected chi connectivity index (χ4v) is 2.44. The number of hydrogen-bond donors (Lipinski definition) is 0. The first-order chi connectivity index (χ1) is 5.66. The zero-order valence-electron chi connectivity index (χ0n) is 8.17. The third-order valence-corrected chi connectivity index (χ3v) is 2.90. The zero-order chi connectivity index (χ0) is 9.14. The third-order valence-electron chi connectivity index (χ3n) is 2.90. The lowest BCUT2D eigenvalue weighted by Crippen LogP contribution is -2.12. The monoisotopic (exact) mass is 163 g/mol. The molecule has 0 saturated heterocycles. The van der Waals surface area contributed by atoms with Crippen LogP contribution in [-0.4, -0.2) is 0 Å². The van der Waals surface area contributed by atoms with E-state index in [0.29, 0.717) is 11.8 Å². The molecule has 1 heteroatoms. The predicted octanol–water partition coefficient (Wildman–Crippen LogP) is 3.14.